The van der Waals surface area contributed by atoms with E-state index in [1.165, 1.54) is 31.2 Å². The van der Waals surface area contributed by atoms with Gasteiger partial charge in [0.1, 0.15) is 0 Å². The maximum absolute atomic E-state index is 3.41. The molecule has 100 valence electrons. The van der Waals surface area contributed by atoms with Crippen LogP contribution in [-0.4, -0.2) is 30.6 Å². The van der Waals surface area contributed by atoms with Gasteiger partial charge in [-0.3, -0.25) is 4.90 Å². The Morgan fingerprint density at radius 3 is 2.33 bits per heavy atom. The molecule has 1 aromatic rings. The summed E-state index contributed by atoms with van der Waals surface area (Å²) in [6.45, 7) is 4.54. The summed E-state index contributed by atoms with van der Waals surface area (Å²) in [6.07, 6.45) is 5.33. The second-order valence-electron chi connectivity index (χ2n) is 5.34. The van der Waals surface area contributed by atoms with Gasteiger partial charge in [-0.15, -0.1) is 0 Å². The van der Waals surface area contributed by atoms with E-state index in [1.54, 1.807) is 0 Å². The molecule has 1 aliphatic carbocycles. The fraction of sp³-hybridized carbons (Fsp3) is 0.625. The predicted octanol–water partition coefficient (Wildman–Crippen LogP) is 3.04. The summed E-state index contributed by atoms with van der Waals surface area (Å²) in [5.74, 6) is 0. The molecule has 0 saturated heterocycles. The Morgan fingerprint density at radius 1 is 1.11 bits per heavy atom. The molecule has 0 unspecified atom stereocenters. The van der Waals surface area contributed by atoms with E-state index in [-0.39, 0.29) is 0 Å². The van der Waals surface area contributed by atoms with Crippen molar-refractivity contribution in [1.82, 2.24) is 10.2 Å². The lowest BCUT2D eigenvalue weighted by Crippen LogP contribution is -2.41. The summed E-state index contributed by atoms with van der Waals surface area (Å²) in [5.41, 5.74) is 1.44. The maximum atomic E-state index is 3.41. The quantitative estimate of drug-likeness (QED) is 0.859. The molecule has 0 spiro atoms. The predicted molar refractivity (Wildman–Crippen MR) is 77.6 cm³/mol. The van der Waals surface area contributed by atoms with Crippen molar-refractivity contribution in [2.45, 2.75) is 51.2 Å². The molecule has 1 N–H and O–H groups in total. The van der Waals surface area contributed by atoms with Gasteiger partial charge in [0, 0.05) is 18.6 Å². The van der Waals surface area contributed by atoms with Gasteiger partial charge >= 0.3 is 0 Å². The van der Waals surface area contributed by atoms with Crippen LogP contribution in [0.3, 0.4) is 0 Å². The van der Waals surface area contributed by atoms with Gasteiger partial charge in [0.2, 0.25) is 0 Å². The first-order chi connectivity index (χ1) is 8.83. The van der Waals surface area contributed by atoms with E-state index in [9.17, 15) is 0 Å². The van der Waals surface area contributed by atoms with Crippen molar-refractivity contribution < 1.29 is 0 Å². The largest absolute Gasteiger partial charge is 0.317 e. The van der Waals surface area contributed by atoms with Gasteiger partial charge in [0.05, 0.1) is 0 Å². The van der Waals surface area contributed by atoms with Gasteiger partial charge in [-0.05, 0) is 44.8 Å². The molecular formula is C16H26N2. The summed E-state index contributed by atoms with van der Waals surface area (Å²) >= 11 is 0. The summed E-state index contributed by atoms with van der Waals surface area (Å²) in [5, 5.41) is 3.41. The molecule has 0 aliphatic heterocycles. The first-order valence-electron chi connectivity index (χ1n) is 7.28. The maximum Gasteiger partial charge on any atom is 0.0236 e. The molecule has 2 rings (SSSR count). The topological polar surface area (TPSA) is 15.3 Å². The number of hydrogen-bond donors (Lipinski definition) is 1. The molecule has 2 heteroatoms. The van der Waals surface area contributed by atoms with Gasteiger partial charge in [0.25, 0.3) is 0 Å². The van der Waals surface area contributed by atoms with E-state index in [0.717, 1.165) is 25.2 Å². The van der Waals surface area contributed by atoms with E-state index in [4.69, 9.17) is 0 Å². The molecule has 1 aliphatic rings. The van der Waals surface area contributed by atoms with Gasteiger partial charge in [-0.25, -0.2) is 0 Å². The van der Waals surface area contributed by atoms with Gasteiger partial charge in [0.15, 0.2) is 0 Å². The SMILES string of the molecule is CCN(Cc1ccccc1)C1CCC(NC)CC1. The van der Waals surface area contributed by atoms with E-state index in [0.29, 0.717) is 0 Å². The normalized spacial score (nSPS) is 24.4. The van der Waals surface area contributed by atoms with Gasteiger partial charge in [-0.2, -0.15) is 0 Å². The molecule has 1 aromatic carbocycles. The average Bonchev–Trinajstić information content (AvgIpc) is 2.46. The van der Waals surface area contributed by atoms with Gasteiger partial charge in [-0.1, -0.05) is 37.3 Å². The Labute approximate surface area is 111 Å². The monoisotopic (exact) mass is 246 g/mol. The van der Waals surface area contributed by atoms with Crippen molar-refractivity contribution in [1.29, 1.82) is 0 Å². The van der Waals surface area contributed by atoms with Crippen LogP contribution in [0.4, 0.5) is 0 Å². The fourth-order valence-electron chi connectivity index (χ4n) is 3.05. The number of benzene rings is 1. The molecule has 0 heterocycles. The first-order valence-corrected chi connectivity index (χ1v) is 7.28. The fourth-order valence-corrected chi connectivity index (χ4v) is 3.05. The van der Waals surface area contributed by atoms with Crippen LogP contribution in [0.5, 0.6) is 0 Å². The van der Waals surface area contributed by atoms with Crippen LogP contribution >= 0.6 is 0 Å². The lowest BCUT2D eigenvalue weighted by molar-refractivity contribution is 0.144. The van der Waals surface area contributed by atoms with Crippen molar-refractivity contribution in [2.75, 3.05) is 13.6 Å². The van der Waals surface area contributed by atoms with E-state index in [1.807, 2.05) is 0 Å². The minimum absolute atomic E-state index is 0.747. The molecule has 0 radical (unpaired) electrons. The Bertz CT molecular complexity index is 328. The van der Waals surface area contributed by atoms with Crippen LogP contribution in [0.2, 0.25) is 0 Å². The highest BCUT2D eigenvalue weighted by molar-refractivity contribution is 5.14. The third-order valence-electron chi connectivity index (χ3n) is 4.26. The molecule has 0 bridgehead atoms. The van der Waals surface area contributed by atoms with Crippen molar-refractivity contribution in [3.8, 4) is 0 Å². The lowest BCUT2D eigenvalue weighted by atomic mass is 9.90. The van der Waals surface area contributed by atoms with Crippen LogP contribution < -0.4 is 5.32 Å². The average molecular weight is 246 g/mol. The van der Waals surface area contributed by atoms with Crippen LogP contribution in [0.25, 0.3) is 0 Å². The van der Waals surface area contributed by atoms with E-state index < -0.39 is 0 Å². The highest BCUT2D eigenvalue weighted by Gasteiger charge is 2.24. The number of rotatable bonds is 5. The number of nitrogens with one attached hydrogen (secondary N) is 1. The molecular weight excluding hydrogens is 220 g/mol. The molecule has 0 aromatic heterocycles. The lowest BCUT2D eigenvalue weighted by Gasteiger charge is -2.36. The molecule has 0 atom stereocenters. The Hall–Kier alpha value is -0.860. The summed E-state index contributed by atoms with van der Waals surface area (Å²) in [6, 6.07) is 12.4. The Kier molecular flexibility index (Phi) is 5.21. The van der Waals surface area contributed by atoms with E-state index >= 15 is 0 Å². The smallest absolute Gasteiger partial charge is 0.0236 e. The minimum Gasteiger partial charge on any atom is -0.317 e. The van der Waals surface area contributed by atoms with Crippen LogP contribution in [0.1, 0.15) is 38.2 Å². The number of nitrogens with zero attached hydrogens (tertiary/aromatic N) is 1. The zero-order valence-electron chi connectivity index (χ0n) is 11.7. The Morgan fingerprint density at radius 2 is 1.78 bits per heavy atom. The van der Waals surface area contributed by atoms with Gasteiger partial charge < -0.3 is 5.32 Å². The zero-order valence-corrected chi connectivity index (χ0v) is 11.7. The third kappa shape index (κ3) is 3.56. The second kappa shape index (κ2) is 6.91. The molecule has 18 heavy (non-hydrogen) atoms. The van der Waals surface area contributed by atoms with Crippen molar-refractivity contribution in [2.24, 2.45) is 0 Å². The second-order valence-corrected chi connectivity index (χ2v) is 5.34. The van der Waals surface area contributed by atoms with Crippen LogP contribution in [-0.2, 0) is 6.54 Å². The highest BCUT2D eigenvalue weighted by Crippen LogP contribution is 2.24. The third-order valence-corrected chi connectivity index (χ3v) is 4.26. The summed E-state index contributed by atoms with van der Waals surface area (Å²) in [7, 11) is 2.09. The van der Waals surface area contributed by atoms with Crippen LogP contribution in [0, 0.1) is 0 Å². The standard InChI is InChI=1S/C16H26N2/c1-3-18(13-14-7-5-4-6-8-14)16-11-9-15(17-2)10-12-16/h4-8,15-17H,3,9-13H2,1-2H3. The van der Waals surface area contributed by atoms with Crippen molar-refractivity contribution in [3.63, 3.8) is 0 Å². The van der Waals surface area contributed by atoms with Crippen LogP contribution in [0.15, 0.2) is 30.3 Å². The summed E-state index contributed by atoms with van der Waals surface area (Å²) < 4.78 is 0. The molecule has 1 fully saturated rings. The highest BCUT2D eigenvalue weighted by atomic mass is 15.1. The van der Waals surface area contributed by atoms with Crippen molar-refractivity contribution in [3.05, 3.63) is 35.9 Å². The minimum atomic E-state index is 0.747. The Balaban J connectivity index is 1.89. The molecule has 1 saturated carbocycles. The molecule has 2 nitrogen and oxygen atoms in total. The first kappa shape index (κ1) is 13.6. The number of hydrogen-bond acceptors (Lipinski definition) is 2. The van der Waals surface area contributed by atoms with Crippen molar-refractivity contribution >= 4 is 0 Å². The summed E-state index contributed by atoms with van der Waals surface area (Å²) in [4.78, 5) is 2.64. The zero-order chi connectivity index (χ0) is 12.8. The molecule has 0 amide bonds. The van der Waals surface area contributed by atoms with E-state index in [2.05, 4.69) is 54.5 Å².